The van der Waals surface area contributed by atoms with Gasteiger partial charge in [0.25, 0.3) is 5.91 Å². The SMILES string of the molecule is COc1cc(NC(C)=O)c(Cl)cc1C(=O)NC1CN(Cc2ccccc2)CC1C. The van der Waals surface area contributed by atoms with Crippen LogP contribution in [-0.2, 0) is 11.3 Å². The van der Waals surface area contributed by atoms with Crippen LogP contribution in [0.1, 0.15) is 29.8 Å². The van der Waals surface area contributed by atoms with Crippen molar-refractivity contribution in [2.24, 2.45) is 5.92 Å². The zero-order chi connectivity index (χ0) is 21.0. The molecule has 7 heteroatoms. The van der Waals surface area contributed by atoms with Crippen LogP contribution in [0.2, 0.25) is 5.02 Å². The molecule has 6 nitrogen and oxygen atoms in total. The number of ether oxygens (including phenoxy) is 1. The van der Waals surface area contributed by atoms with Crippen LogP contribution >= 0.6 is 11.6 Å². The van der Waals surface area contributed by atoms with Gasteiger partial charge in [-0.3, -0.25) is 14.5 Å². The van der Waals surface area contributed by atoms with Gasteiger partial charge in [-0.2, -0.15) is 0 Å². The van der Waals surface area contributed by atoms with Crippen LogP contribution in [0, 0.1) is 5.92 Å². The van der Waals surface area contributed by atoms with Crippen molar-refractivity contribution in [2.75, 3.05) is 25.5 Å². The van der Waals surface area contributed by atoms with Crippen LogP contribution in [0.25, 0.3) is 0 Å². The minimum absolute atomic E-state index is 0.0321. The molecule has 3 rings (SSSR count). The number of hydrogen-bond acceptors (Lipinski definition) is 4. The molecule has 0 bridgehead atoms. The lowest BCUT2D eigenvalue weighted by molar-refractivity contribution is -0.114. The second kappa shape index (κ2) is 9.29. The normalized spacial score (nSPS) is 19.0. The van der Waals surface area contributed by atoms with Gasteiger partial charge in [0.1, 0.15) is 5.75 Å². The predicted molar refractivity (Wildman–Crippen MR) is 114 cm³/mol. The lowest BCUT2D eigenvalue weighted by atomic mass is 10.1. The molecule has 2 unspecified atom stereocenters. The zero-order valence-electron chi connectivity index (χ0n) is 16.9. The number of nitrogens with zero attached hydrogens (tertiary/aromatic N) is 1. The fourth-order valence-electron chi connectivity index (χ4n) is 3.66. The molecule has 2 amide bonds. The third-order valence-corrected chi connectivity index (χ3v) is 5.41. The smallest absolute Gasteiger partial charge is 0.255 e. The van der Waals surface area contributed by atoms with E-state index in [2.05, 4.69) is 34.6 Å². The standard InChI is InChI=1S/C22H26ClN3O3/c1-14-11-26(12-16-7-5-4-6-8-16)13-20(14)25-22(28)17-9-18(23)19(24-15(2)27)10-21(17)29-3/h4-10,14,20H,11-13H2,1-3H3,(H,24,27)(H,25,28). The molecule has 2 atom stereocenters. The van der Waals surface area contributed by atoms with E-state index in [9.17, 15) is 9.59 Å². The van der Waals surface area contributed by atoms with E-state index in [-0.39, 0.29) is 22.9 Å². The van der Waals surface area contributed by atoms with Gasteiger partial charge in [-0.1, -0.05) is 48.9 Å². The van der Waals surface area contributed by atoms with Gasteiger partial charge < -0.3 is 15.4 Å². The number of nitrogens with one attached hydrogen (secondary N) is 2. The number of carbonyl (C=O) groups excluding carboxylic acids is 2. The van der Waals surface area contributed by atoms with Gasteiger partial charge in [0, 0.05) is 38.7 Å². The number of halogens is 1. The highest BCUT2D eigenvalue weighted by atomic mass is 35.5. The van der Waals surface area contributed by atoms with Gasteiger partial charge in [-0.05, 0) is 17.5 Å². The molecule has 2 aromatic carbocycles. The van der Waals surface area contributed by atoms with E-state index in [0.29, 0.717) is 22.9 Å². The summed E-state index contributed by atoms with van der Waals surface area (Å²) in [5, 5.41) is 6.04. The summed E-state index contributed by atoms with van der Waals surface area (Å²) in [6.45, 7) is 6.09. The van der Waals surface area contributed by atoms with Crippen LogP contribution in [0.15, 0.2) is 42.5 Å². The van der Waals surface area contributed by atoms with Crippen molar-refractivity contribution in [3.05, 3.63) is 58.6 Å². The first-order chi connectivity index (χ1) is 13.9. The largest absolute Gasteiger partial charge is 0.496 e. The maximum Gasteiger partial charge on any atom is 0.255 e. The van der Waals surface area contributed by atoms with Crippen molar-refractivity contribution in [1.29, 1.82) is 0 Å². The molecule has 0 spiro atoms. The molecular weight excluding hydrogens is 390 g/mol. The van der Waals surface area contributed by atoms with Gasteiger partial charge in [-0.25, -0.2) is 0 Å². The van der Waals surface area contributed by atoms with E-state index in [1.165, 1.54) is 25.7 Å². The monoisotopic (exact) mass is 415 g/mol. The topological polar surface area (TPSA) is 70.7 Å². The molecule has 1 fully saturated rings. The second-order valence-corrected chi connectivity index (χ2v) is 7.86. The Balaban J connectivity index is 1.69. The third kappa shape index (κ3) is 5.28. The molecule has 0 aliphatic carbocycles. The van der Waals surface area contributed by atoms with E-state index >= 15 is 0 Å². The first-order valence-corrected chi connectivity index (χ1v) is 9.97. The number of methoxy groups -OCH3 is 1. The van der Waals surface area contributed by atoms with Crippen molar-refractivity contribution < 1.29 is 14.3 Å². The highest BCUT2D eigenvalue weighted by molar-refractivity contribution is 6.34. The van der Waals surface area contributed by atoms with Crippen molar-refractivity contribution in [3.8, 4) is 5.75 Å². The van der Waals surface area contributed by atoms with Crippen LogP contribution in [0.3, 0.4) is 0 Å². The number of benzene rings is 2. The highest BCUT2D eigenvalue weighted by Gasteiger charge is 2.31. The average Bonchev–Trinajstić information content (AvgIpc) is 3.02. The maximum absolute atomic E-state index is 12.9. The first kappa shape index (κ1) is 21.1. The Morgan fingerprint density at radius 1 is 1.21 bits per heavy atom. The zero-order valence-corrected chi connectivity index (χ0v) is 17.6. The number of likely N-dealkylation sites (tertiary alicyclic amines) is 1. The van der Waals surface area contributed by atoms with Gasteiger partial charge >= 0.3 is 0 Å². The summed E-state index contributed by atoms with van der Waals surface area (Å²) >= 11 is 6.25. The summed E-state index contributed by atoms with van der Waals surface area (Å²) < 4.78 is 5.35. The molecule has 1 saturated heterocycles. The number of anilines is 1. The van der Waals surface area contributed by atoms with E-state index in [1.807, 2.05) is 18.2 Å². The third-order valence-electron chi connectivity index (χ3n) is 5.10. The predicted octanol–water partition coefficient (Wildman–Crippen LogP) is 3.56. The fraction of sp³-hybridized carbons (Fsp3) is 0.364. The van der Waals surface area contributed by atoms with Crippen LogP contribution in [-0.4, -0.2) is 43.0 Å². The quantitative estimate of drug-likeness (QED) is 0.756. The summed E-state index contributed by atoms with van der Waals surface area (Å²) in [7, 11) is 1.48. The molecule has 1 aliphatic heterocycles. The molecular formula is C22H26ClN3O3. The highest BCUT2D eigenvalue weighted by Crippen LogP contribution is 2.31. The van der Waals surface area contributed by atoms with Gasteiger partial charge in [-0.15, -0.1) is 0 Å². The summed E-state index contributed by atoms with van der Waals surface area (Å²) in [6, 6.07) is 13.4. The minimum atomic E-state index is -0.246. The molecule has 154 valence electrons. The molecule has 2 N–H and O–H groups in total. The number of hydrogen-bond donors (Lipinski definition) is 2. The van der Waals surface area contributed by atoms with Gasteiger partial charge in [0.15, 0.2) is 0 Å². The fourth-order valence-corrected chi connectivity index (χ4v) is 3.87. The Bertz CT molecular complexity index is 888. The van der Waals surface area contributed by atoms with Crippen LogP contribution in [0.4, 0.5) is 5.69 Å². The summed E-state index contributed by atoms with van der Waals surface area (Å²) in [6.07, 6.45) is 0. The lowest BCUT2D eigenvalue weighted by Gasteiger charge is -2.19. The Morgan fingerprint density at radius 2 is 1.93 bits per heavy atom. The van der Waals surface area contributed by atoms with Gasteiger partial charge in [0.05, 0.1) is 23.4 Å². The van der Waals surface area contributed by atoms with Crippen molar-refractivity contribution in [2.45, 2.75) is 26.4 Å². The van der Waals surface area contributed by atoms with Crippen molar-refractivity contribution >= 4 is 29.1 Å². The minimum Gasteiger partial charge on any atom is -0.496 e. The Morgan fingerprint density at radius 3 is 2.59 bits per heavy atom. The van der Waals surface area contributed by atoms with Crippen LogP contribution < -0.4 is 15.4 Å². The Kier molecular flexibility index (Phi) is 6.77. The van der Waals surface area contributed by atoms with E-state index in [1.54, 1.807) is 6.07 Å². The lowest BCUT2D eigenvalue weighted by Crippen LogP contribution is -2.40. The Hall–Kier alpha value is -2.57. The number of carbonyl (C=O) groups is 2. The molecule has 2 aromatic rings. The second-order valence-electron chi connectivity index (χ2n) is 7.45. The van der Waals surface area contributed by atoms with Gasteiger partial charge in [0.2, 0.25) is 5.91 Å². The molecule has 1 aliphatic rings. The molecule has 1 heterocycles. The van der Waals surface area contributed by atoms with Crippen molar-refractivity contribution in [3.63, 3.8) is 0 Å². The first-order valence-electron chi connectivity index (χ1n) is 9.59. The van der Waals surface area contributed by atoms with Crippen LogP contribution in [0.5, 0.6) is 5.75 Å². The van der Waals surface area contributed by atoms with Crippen molar-refractivity contribution in [1.82, 2.24) is 10.2 Å². The molecule has 29 heavy (non-hydrogen) atoms. The summed E-state index contributed by atoms with van der Waals surface area (Å²) in [5.41, 5.74) is 2.02. The molecule has 0 aromatic heterocycles. The molecule has 0 saturated carbocycles. The summed E-state index contributed by atoms with van der Waals surface area (Å²) in [5.74, 6) is 0.200. The summed E-state index contributed by atoms with van der Waals surface area (Å²) in [4.78, 5) is 26.6. The van der Waals surface area contributed by atoms with E-state index < -0.39 is 0 Å². The average molecular weight is 416 g/mol. The Labute approximate surface area is 176 Å². The molecule has 0 radical (unpaired) electrons. The number of rotatable bonds is 6. The van der Waals surface area contributed by atoms with E-state index in [4.69, 9.17) is 16.3 Å². The van der Waals surface area contributed by atoms with E-state index in [0.717, 1.165) is 19.6 Å². The number of amides is 2. The maximum atomic E-state index is 12.9.